The van der Waals surface area contributed by atoms with Crippen LogP contribution in [0.3, 0.4) is 0 Å². The van der Waals surface area contributed by atoms with E-state index in [0.29, 0.717) is 11.8 Å². The smallest absolute Gasteiger partial charge is 0.128 e. The highest BCUT2D eigenvalue weighted by atomic mass is 16.3. The number of nitrogens with zero attached hydrogens (tertiary/aromatic N) is 4. The van der Waals surface area contributed by atoms with Crippen molar-refractivity contribution in [1.82, 2.24) is 14.5 Å². The minimum Gasteiger partial charge on any atom is -0.390 e. The maximum atomic E-state index is 10.9. The van der Waals surface area contributed by atoms with Crippen molar-refractivity contribution >= 4 is 5.82 Å². The summed E-state index contributed by atoms with van der Waals surface area (Å²) in [4.78, 5) is 11.1. The lowest BCUT2D eigenvalue weighted by atomic mass is 9.69. The molecule has 1 N–H and O–H groups in total. The first-order valence-electron chi connectivity index (χ1n) is 9.06. The molecule has 0 amide bonds. The third-order valence-corrected chi connectivity index (χ3v) is 5.99. The van der Waals surface area contributed by atoms with Crippen molar-refractivity contribution in [3.05, 3.63) is 42.6 Å². The molecule has 1 saturated carbocycles. The van der Waals surface area contributed by atoms with Crippen LogP contribution >= 0.6 is 0 Å². The highest BCUT2D eigenvalue weighted by Gasteiger charge is 2.47. The maximum Gasteiger partial charge on any atom is 0.128 e. The lowest BCUT2D eigenvalue weighted by Gasteiger charge is -2.40. The average Bonchev–Trinajstić information content (AvgIpc) is 3.26. The van der Waals surface area contributed by atoms with Crippen molar-refractivity contribution in [2.45, 2.75) is 44.8 Å². The van der Waals surface area contributed by atoms with Crippen LogP contribution in [0.2, 0.25) is 0 Å². The Kier molecular flexibility index (Phi) is 4.04. The summed E-state index contributed by atoms with van der Waals surface area (Å²) in [5.74, 6) is 2.04. The van der Waals surface area contributed by atoms with Gasteiger partial charge >= 0.3 is 0 Å². The van der Waals surface area contributed by atoms with Crippen LogP contribution in [0.1, 0.15) is 38.2 Å². The summed E-state index contributed by atoms with van der Waals surface area (Å²) < 4.78 is 2.04. The van der Waals surface area contributed by atoms with Crippen molar-refractivity contribution < 1.29 is 5.11 Å². The molecule has 0 bridgehead atoms. The molecule has 2 fully saturated rings. The second-order valence-electron chi connectivity index (χ2n) is 7.38. The van der Waals surface area contributed by atoms with Crippen LogP contribution in [-0.4, -0.2) is 38.3 Å². The molecule has 4 rings (SSSR count). The Hall–Kier alpha value is -1.88. The number of fused-ring (bicyclic) bond motifs is 1. The first-order valence-corrected chi connectivity index (χ1v) is 9.06. The number of anilines is 1. The Morgan fingerprint density at radius 1 is 1.33 bits per heavy atom. The van der Waals surface area contributed by atoms with E-state index in [0.717, 1.165) is 44.7 Å². The first kappa shape index (κ1) is 15.6. The minimum atomic E-state index is -0.473. The molecule has 5 heteroatoms. The van der Waals surface area contributed by atoms with Crippen LogP contribution in [0.4, 0.5) is 5.82 Å². The number of imidazole rings is 1. The third-order valence-electron chi connectivity index (χ3n) is 5.99. The van der Waals surface area contributed by atoms with Gasteiger partial charge in [-0.15, -0.1) is 0 Å². The highest BCUT2D eigenvalue weighted by molar-refractivity contribution is 5.41. The van der Waals surface area contributed by atoms with Crippen LogP contribution in [0.15, 0.2) is 37.1 Å². The van der Waals surface area contributed by atoms with Crippen LogP contribution in [-0.2, 0) is 6.54 Å². The van der Waals surface area contributed by atoms with Gasteiger partial charge in [0, 0.05) is 44.1 Å². The van der Waals surface area contributed by atoms with Gasteiger partial charge in [0.25, 0.3) is 0 Å². The molecule has 128 valence electrons. The molecule has 5 nitrogen and oxygen atoms in total. The van der Waals surface area contributed by atoms with E-state index in [1.165, 1.54) is 12.0 Å². The molecule has 0 spiro atoms. The van der Waals surface area contributed by atoms with E-state index in [9.17, 15) is 5.11 Å². The third kappa shape index (κ3) is 2.81. The Balaban J connectivity index is 1.47. The zero-order chi connectivity index (χ0) is 16.6. The fourth-order valence-electron chi connectivity index (χ4n) is 4.54. The van der Waals surface area contributed by atoms with Crippen LogP contribution < -0.4 is 4.90 Å². The summed E-state index contributed by atoms with van der Waals surface area (Å²) in [6.07, 6.45) is 11.7. The standard InChI is InChI=1S/C19H26N4O/c1-2-19(24)7-3-4-16-12-23(13-17(16)19)18-6-5-15(10-21-18)11-22-9-8-20-14-22/h5-6,8-10,14,16-17,24H,2-4,7,11-13H2,1H3/t16-,17+,19-/m1/s1. The summed E-state index contributed by atoms with van der Waals surface area (Å²) in [6, 6.07) is 4.27. The molecule has 0 aromatic carbocycles. The molecule has 1 aliphatic heterocycles. The molecule has 3 heterocycles. The average molecular weight is 326 g/mol. The number of aromatic nitrogens is 3. The molecule has 0 radical (unpaired) electrons. The second-order valence-corrected chi connectivity index (χ2v) is 7.38. The van der Waals surface area contributed by atoms with Crippen molar-refractivity contribution in [2.75, 3.05) is 18.0 Å². The SMILES string of the molecule is CC[C@@]1(O)CCC[C@@H]2CN(c3ccc(Cn4ccnc4)cn3)C[C@@H]21. The van der Waals surface area contributed by atoms with E-state index in [2.05, 4.69) is 33.9 Å². The van der Waals surface area contributed by atoms with Gasteiger partial charge in [0.2, 0.25) is 0 Å². The van der Waals surface area contributed by atoms with Gasteiger partial charge in [0.05, 0.1) is 11.9 Å². The van der Waals surface area contributed by atoms with Gasteiger partial charge in [0.1, 0.15) is 5.82 Å². The molecule has 0 unspecified atom stereocenters. The second kappa shape index (κ2) is 6.20. The molecule has 2 aromatic heterocycles. The van der Waals surface area contributed by atoms with E-state index in [-0.39, 0.29) is 0 Å². The summed E-state index contributed by atoms with van der Waals surface area (Å²) >= 11 is 0. The van der Waals surface area contributed by atoms with Gasteiger partial charge in [0.15, 0.2) is 0 Å². The Bertz CT molecular complexity index is 669. The van der Waals surface area contributed by atoms with Crippen LogP contribution in [0.25, 0.3) is 0 Å². The number of rotatable bonds is 4. The summed E-state index contributed by atoms with van der Waals surface area (Å²) in [5.41, 5.74) is 0.706. The fraction of sp³-hybridized carbons (Fsp3) is 0.579. The van der Waals surface area contributed by atoms with Crippen molar-refractivity contribution in [2.24, 2.45) is 11.8 Å². The van der Waals surface area contributed by atoms with Crippen LogP contribution in [0, 0.1) is 11.8 Å². The Morgan fingerprint density at radius 2 is 2.25 bits per heavy atom. The van der Waals surface area contributed by atoms with E-state index in [1.807, 2.05) is 23.3 Å². The summed E-state index contributed by atoms with van der Waals surface area (Å²) in [5, 5.41) is 10.9. The van der Waals surface area contributed by atoms with E-state index in [1.54, 1.807) is 6.20 Å². The molecule has 2 aliphatic rings. The molecular formula is C19H26N4O. The Morgan fingerprint density at radius 3 is 2.96 bits per heavy atom. The maximum absolute atomic E-state index is 10.9. The van der Waals surface area contributed by atoms with Crippen molar-refractivity contribution in [1.29, 1.82) is 0 Å². The monoisotopic (exact) mass is 326 g/mol. The summed E-state index contributed by atoms with van der Waals surface area (Å²) in [7, 11) is 0. The van der Waals surface area contributed by atoms with Gasteiger partial charge in [-0.1, -0.05) is 19.4 Å². The number of aliphatic hydroxyl groups is 1. The van der Waals surface area contributed by atoms with Gasteiger partial charge in [-0.2, -0.15) is 0 Å². The lowest BCUT2D eigenvalue weighted by Crippen LogP contribution is -2.44. The normalized spacial score (nSPS) is 29.7. The van der Waals surface area contributed by atoms with Gasteiger partial charge in [-0.25, -0.2) is 9.97 Å². The van der Waals surface area contributed by atoms with Gasteiger partial charge < -0.3 is 14.6 Å². The summed E-state index contributed by atoms with van der Waals surface area (Å²) in [6.45, 7) is 4.88. The first-order chi connectivity index (χ1) is 11.7. The quantitative estimate of drug-likeness (QED) is 0.938. The fourth-order valence-corrected chi connectivity index (χ4v) is 4.54. The van der Waals surface area contributed by atoms with Crippen molar-refractivity contribution in [3.8, 4) is 0 Å². The number of hydrogen-bond acceptors (Lipinski definition) is 4. The zero-order valence-corrected chi connectivity index (χ0v) is 14.3. The van der Waals surface area contributed by atoms with E-state index >= 15 is 0 Å². The molecule has 24 heavy (non-hydrogen) atoms. The topological polar surface area (TPSA) is 54.2 Å². The van der Waals surface area contributed by atoms with E-state index in [4.69, 9.17) is 0 Å². The molecule has 1 saturated heterocycles. The molecular weight excluding hydrogens is 300 g/mol. The number of pyridine rings is 1. The zero-order valence-electron chi connectivity index (χ0n) is 14.3. The van der Waals surface area contributed by atoms with Gasteiger partial charge in [-0.05, 0) is 36.8 Å². The molecule has 3 atom stereocenters. The lowest BCUT2D eigenvalue weighted by molar-refractivity contribution is -0.0597. The minimum absolute atomic E-state index is 0.392. The largest absolute Gasteiger partial charge is 0.390 e. The van der Waals surface area contributed by atoms with Crippen LogP contribution in [0.5, 0.6) is 0 Å². The number of hydrogen-bond donors (Lipinski definition) is 1. The molecule has 2 aromatic rings. The molecule has 1 aliphatic carbocycles. The van der Waals surface area contributed by atoms with E-state index < -0.39 is 5.60 Å². The predicted octanol–water partition coefficient (Wildman–Crippen LogP) is 2.70. The Labute approximate surface area is 143 Å². The predicted molar refractivity (Wildman–Crippen MR) is 93.9 cm³/mol. The van der Waals surface area contributed by atoms with Gasteiger partial charge in [-0.3, -0.25) is 0 Å². The highest BCUT2D eigenvalue weighted by Crippen LogP contribution is 2.45. The van der Waals surface area contributed by atoms with Crippen molar-refractivity contribution in [3.63, 3.8) is 0 Å².